The number of rotatable bonds is 3. The molecule has 0 spiro atoms. The molecular formula is C11H10N2O2. The fourth-order valence-electron chi connectivity index (χ4n) is 1.25. The predicted octanol–water partition coefficient (Wildman–Crippen LogP) is 1.86. The Labute approximate surface area is 87.0 Å². The molecule has 0 saturated carbocycles. The van der Waals surface area contributed by atoms with Gasteiger partial charge in [0.1, 0.15) is 12.1 Å². The molecule has 0 aromatic carbocycles. The van der Waals surface area contributed by atoms with Crippen LogP contribution in [0.3, 0.4) is 0 Å². The Bertz CT molecular complexity index is 462. The summed E-state index contributed by atoms with van der Waals surface area (Å²) in [5.74, 6) is 0.951. The summed E-state index contributed by atoms with van der Waals surface area (Å²) in [6.07, 6.45) is 5.11. The van der Waals surface area contributed by atoms with Crippen molar-refractivity contribution in [1.82, 2.24) is 9.97 Å². The zero-order chi connectivity index (χ0) is 10.7. The smallest absolute Gasteiger partial charge is 0.231 e. The highest BCUT2D eigenvalue weighted by atomic mass is 16.3. The largest absolute Gasteiger partial charge is 0.458 e. The summed E-state index contributed by atoms with van der Waals surface area (Å²) in [4.78, 5) is 19.4. The number of aryl methyl sites for hydroxylation is 1. The van der Waals surface area contributed by atoms with Gasteiger partial charge in [0.2, 0.25) is 5.78 Å². The van der Waals surface area contributed by atoms with Crippen molar-refractivity contribution in [1.29, 1.82) is 0 Å². The highest BCUT2D eigenvalue weighted by molar-refractivity contribution is 6.06. The third-order valence-corrected chi connectivity index (χ3v) is 2.06. The molecule has 0 aliphatic rings. The Kier molecular flexibility index (Phi) is 2.58. The molecule has 2 rings (SSSR count). The number of carbonyl (C=O) groups is 1. The average Bonchev–Trinajstić information content (AvgIpc) is 2.78. The monoisotopic (exact) mass is 202 g/mol. The van der Waals surface area contributed by atoms with Gasteiger partial charge in [-0.25, -0.2) is 9.97 Å². The summed E-state index contributed by atoms with van der Waals surface area (Å²) >= 11 is 0. The standard InChI is InChI=1S/C11H10N2O2/c1-2-9-3-4-10(15-9)11(14)8-5-12-7-13-6-8/h3-7H,2H2,1H3. The topological polar surface area (TPSA) is 56.0 Å². The van der Waals surface area contributed by atoms with Gasteiger partial charge in [-0.05, 0) is 12.1 Å². The van der Waals surface area contributed by atoms with Crippen molar-refractivity contribution in [3.63, 3.8) is 0 Å². The van der Waals surface area contributed by atoms with Gasteiger partial charge < -0.3 is 4.42 Å². The van der Waals surface area contributed by atoms with E-state index >= 15 is 0 Å². The van der Waals surface area contributed by atoms with Crippen LogP contribution >= 0.6 is 0 Å². The average molecular weight is 202 g/mol. The van der Waals surface area contributed by atoms with Crippen molar-refractivity contribution >= 4 is 5.78 Å². The van der Waals surface area contributed by atoms with E-state index in [0.717, 1.165) is 12.2 Å². The van der Waals surface area contributed by atoms with Crippen molar-refractivity contribution < 1.29 is 9.21 Å². The quantitative estimate of drug-likeness (QED) is 0.713. The predicted molar refractivity (Wildman–Crippen MR) is 53.6 cm³/mol. The Morgan fingerprint density at radius 1 is 1.33 bits per heavy atom. The van der Waals surface area contributed by atoms with Crippen molar-refractivity contribution in [3.8, 4) is 0 Å². The van der Waals surface area contributed by atoms with Gasteiger partial charge in [0.15, 0.2) is 5.76 Å². The van der Waals surface area contributed by atoms with E-state index in [1.807, 2.05) is 6.92 Å². The van der Waals surface area contributed by atoms with Gasteiger partial charge in [0, 0.05) is 18.8 Å². The zero-order valence-electron chi connectivity index (χ0n) is 8.30. The first-order valence-electron chi connectivity index (χ1n) is 4.69. The van der Waals surface area contributed by atoms with Crippen LogP contribution < -0.4 is 0 Å². The Morgan fingerprint density at radius 2 is 2.07 bits per heavy atom. The van der Waals surface area contributed by atoms with E-state index in [1.54, 1.807) is 12.1 Å². The van der Waals surface area contributed by atoms with Crippen LogP contribution in [0.25, 0.3) is 0 Å². The van der Waals surface area contributed by atoms with Crippen LogP contribution in [0.15, 0.2) is 35.3 Å². The van der Waals surface area contributed by atoms with E-state index < -0.39 is 0 Å². The maximum Gasteiger partial charge on any atom is 0.231 e. The summed E-state index contributed by atoms with van der Waals surface area (Å²) in [5, 5.41) is 0. The second-order valence-electron chi connectivity index (χ2n) is 3.08. The minimum Gasteiger partial charge on any atom is -0.458 e. The zero-order valence-corrected chi connectivity index (χ0v) is 8.30. The van der Waals surface area contributed by atoms with Gasteiger partial charge in [-0.15, -0.1) is 0 Å². The van der Waals surface area contributed by atoms with Crippen LogP contribution in [0, 0.1) is 0 Å². The summed E-state index contributed by atoms with van der Waals surface area (Å²) in [5.41, 5.74) is 0.439. The van der Waals surface area contributed by atoms with E-state index in [-0.39, 0.29) is 5.78 Å². The van der Waals surface area contributed by atoms with Gasteiger partial charge in [-0.2, -0.15) is 0 Å². The molecule has 2 aromatic heterocycles. The Morgan fingerprint density at radius 3 is 2.67 bits per heavy atom. The minimum atomic E-state index is -0.185. The van der Waals surface area contributed by atoms with Gasteiger partial charge in [-0.3, -0.25) is 4.79 Å². The molecule has 0 radical (unpaired) electrons. The lowest BCUT2D eigenvalue weighted by molar-refractivity contribution is 0.101. The number of nitrogens with zero attached hydrogens (tertiary/aromatic N) is 2. The van der Waals surface area contributed by atoms with Crippen molar-refractivity contribution in [2.45, 2.75) is 13.3 Å². The molecular weight excluding hydrogens is 192 g/mol. The van der Waals surface area contributed by atoms with Crippen molar-refractivity contribution in [2.75, 3.05) is 0 Å². The molecule has 0 unspecified atom stereocenters. The Hall–Kier alpha value is -1.97. The molecule has 0 aliphatic heterocycles. The molecule has 0 saturated heterocycles. The second kappa shape index (κ2) is 4.04. The fraction of sp³-hybridized carbons (Fsp3) is 0.182. The second-order valence-corrected chi connectivity index (χ2v) is 3.08. The molecule has 0 N–H and O–H groups in total. The summed E-state index contributed by atoms with van der Waals surface area (Å²) in [6.45, 7) is 1.97. The molecule has 2 heterocycles. The van der Waals surface area contributed by atoms with Gasteiger partial charge in [0.25, 0.3) is 0 Å². The van der Waals surface area contributed by atoms with Crippen LogP contribution in [0.1, 0.15) is 28.8 Å². The SMILES string of the molecule is CCc1ccc(C(=O)c2cncnc2)o1. The molecule has 2 aromatic rings. The maximum atomic E-state index is 11.8. The Balaban J connectivity index is 2.29. The first-order chi connectivity index (χ1) is 7.31. The summed E-state index contributed by atoms with van der Waals surface area (Å²) in [7, 11) is 0. The van der Waals surface area contributed by atoms with E-state index in [2.05, 4.69) is 9.97 Å². The molecule has 0 atom stereocenters. The van der Waals surface area contributed by atoms with Gasteiger partial charge in [0.05, 0.1) is 5.56 Å². The lowest BCUT2D eigenvalue weighted by Crippen LogP contribution is -2.00. The summed E-state index contributed by atoms with van der Waals surface area (Å²) in [6, 6.07) is 3.48. The van der Waals surface area contributed by atoms with Crippen LogP contribution in [0.5, 0.6) is 0 Å². The van der Waals surface area contributed by atoms with Crippen molar-refractivity contribution in [2.24, 2.45) is 0 Å². The van der Waals surface area contributed by atoms with E-state index in [9.17, 15) is 4.79 Å². The third kappa shape index (κ3) is 1.93. The molecule has 4 nitrogen and oxygen atoms in total. The van der Waals surface area contributed by atoms with E-state index in [0.29, 0.717) is 11.3 Å². The third-order valence-electron chi connectivity index (χ3n) is 2.06. The first-order valence-corrected chi connectivity index (χ1v) is 4.69. The van der Waals surface area contributed by atoms with Crippen LogP contribution in [-0.2, 0) is 6.42 Å². The van der Waals surface area contributed by atoms with Crippen LogP contribution in [0.2, 0.25) is 0 Å². The van der Waals surface area contributed by atoms with Gasteiger partial charge in [-0.1, -0.05) is 6.92 Å². The molecule has 4 heteroatoms. The van der Waals surface area contributed by atoms with Crippen LogP contribution in [-0.4, -0.2) is 15.8 Å². The molecule has 15 heavy (non-hydrogen) atoms. The lowest BCUT2D eigenvalue weighted by Gasteiger charge is -1.95. The number of aromatic nitrogens is 2. The lowest BCUT2D eigenvalue weighted by atomic mass is 10.2. The van der Waals surface area contributed by atoms with E-state index in [4.69, 9.17) is 4.42 Å². The minimum absolute atomic E-state index is 0.185. The normalized spacial score (nSPS) is 10.2. The molecule has 0 aliphatic carbocycles. The molecule has 0 fully saturated rings. The number of hydrogen-bond acceptors (Lipinski definition) is 4. The highest BCUT2D eigenvalue weighted by Crippen LogP contribution is 2.12. The number of ketones is 1. The highest BCUT2D eigenvalue weighted by Gasteiger charge is 2.13. The molecule has 0 bridgehead atoms. The van der Waals surface area contributed by atoms with E-state index in [1.165, 1.54) is 18.7 Å². The van der Waals surface area contributed by atoms with Crippen molar-refractivity contribution in [3.05, 3.63) is 47.9 Å². The first kappa shape index (κ1) is 9.58. The number of carbonyl (C=O) groups excluding carboxylic acids is 1. The maximum absolute atomic E-state index is 11.8. The van der Waals surface area contributed by atoms with Crippen LogP contribution in [0.4, 0.5) is 0 Å². The van der Waals surface area contributed by atoms with Gasteiger partial charge >= 0.3 is 0 Å². The molecule has 76 valence electrons. The number of furan rings is 1. The summed E-state index contributed by atoms with van der Waals surface area (Å²) < 4.78 is 5.34. The molecule has 0 amide bonds. The fourth-order valence-corrected chi connectivity index (χ4v) is 1.25. The number of hydrogen-bond donors (Lipinski definition) is 0.